The molecule has 3 amide bonds. The Morgan fingerprint density at radius 2 is 1.73 bits per heavy atom. The maximum atomic E-state index is 12.5. The standard InChI is InChI=1S/C23H35N3O4/c1-14(2)25-23(29)24-13-18-9-11-19(12-10-18)22(28)30-17(5)21(27)26-20-8-6-7-15(3)16(20)4/h9-12,14-17,20H,6-8,13H2,1-5H3,(H,26,27)(H2,24,25,29)/t15-,16-,17-,20+/m1/s1. The van der Waals surface area contributed by atoms with Crippen molar-refractivity contribution in [2.24, 2.45) is 11.8 Å². The molecule has 0 bridgehead atoms. The molecule has 2 rings (SSSR count). The molecule has 0 heterocycles. The molecule has 1 saturated carbocycles. The van der Waals surface area contributed by atoms with Gasteiger partial charge in [0.1, 0.15) is 0 Å². The molecule has 4 atom stereocenters. The van der Waals surface area contributed by atoms with Gasteiger partial charge in [0.05, 0.1) is 5.56 Å². The largest absolute Gasteiger partial charge is 0.449 e. The summed E-state index contributed by atoms with van der Waals surface area (Å²) in [6.07, 6.45) is 2.39. The van der Waals surface area contributed by atoms with Crippen LogP contribution in [0.25, 0.3) is 0 Å². The number of esters is 1. The maximum Gasteiger partial charge on any atom is 0.338 e. The lowest BCUT2D eigenvalue weighted by Gasteiger charge is -2.35. The topological polar surface area (TPSA) is 96.5 Å². The van der Waals surface area contributed by atoms with Gasteiger partial charge in [-0.05, 0) is 56.7 Å². The van der Waals surface area contributed by atoms with Crippen LogP contribution in [0.3, 0.4) is 0 Å². The van der Waals surface area contributed by atoms with Gasteiger partial charge >= 0.3 is 12.0 Å². The number of amides is 3. The Balaban J connectivity index is 1.83. The number of benzene rings is 1. The van der Waals surface area contributed by atoms with Crippen LogP contribution in [0.2, 0.25) is 0 Å². The summed E-state index contributed by atoms with van der Waals surface area (Å²) < 4.78 is 5.35. The first-order chi connectivity index (χ1) is 14.2. The number of carbonyl (C=O) groups excluding carboxylic acids is 3. The molecule has 0 unspecified atom stereocenters. The predicted octanol–water partition coefficient (Wildman–Crippen LogP) is 3.38. The van der Waals surface area contributed by atoms with Gasteiger partial charge in [0.15, 0.2) is 6.10 Å². The number of nitrogens with one attached hydrogen (secondary N) is 3. The van der Waals surface area contributed by atoms with Crippen LogP contribution in [0.1, 0.15) is 69.8 Å². The summed E-state index contributed by atoms with van der Waals surface area (Å²) in [5, 5.41) is 8.54. The van der Waals surface area contributed by atoms with Crippen LogP contribution < -0.4 is 16.0 Å². The fourth-order valence-corrected chi connectivity index (χ4v) is 3.62. The average Bonchev–Trinajstić information content (AvgIpc) is 2.69. The van der Waals surface area contributed by atoms with Crippen LogP contribution in [-0.4, -0.2) is 36.1 Å². The van der Waals surface area contributed by atoms with Crippen molar-refractivity contribution < 1.29 is 19.1 Å². The molecule has 1 aromatic rings. The zero-order chi connectivity index (χ0) is 22.3. The lowest BCUT2D eigenvalue weighted by Crippen LogP contribution is -2.47. The normalized spacial score (nSPS) is 22.1. The number of carbonyl (C=O) groups is 3. The monoisotopic (exact) mass is 417 g/mol. The highest BCUT2D eigenvalue weighted by molar-refractivity contribution is 5.92. The lowest BCUT2D eigenvalue weighted by molar-refractivity contribution is -0.130. The summed E-state index contributed by atoms with van der Waals surface area (Å²) in [7, 11) is 0. The number of urea groups is 1. The smallest absolute Gasteiger partial charge is 0.338 e. The molecular formula is C23H35N3O4. The molecule has 0 radical (unpaired) electrons. The van der Waals surface area contributed by atoms with E-state index >= 15 is 0 Å². The molecule has 7 nitrogen and oxygen atoms in total. The molecule has 0 aromatic heterocycles. The summed E-state index contributed by atoms with van der Waals surface area (Å²) in [4.78, 5) is 36.5. The fraction of sp³-hybridized carbons (Fsp3) is 0.609. The minimum Gasteiger partial charge on any atom is -0.449 e. The minimum atomic E-state index is -0.858. The third kappa shape index (κ3) is 7.04. The molecule has 30 heavy (non-hydrogen) atoms. The maximum absolute atomic E-state index is 12.5. The van der Waals surface area contributed by atoms with Crippen molar-refractivity contribution in [1.29, 1.82) is 0 Å². The zero-order valence-corrected chi connectivity index (χ0v) is 18.7. The third-order valence-electron chi connectivity index (χ3n) is 5.75. The molecular weight excluding hydrogens is 382 g/mol. The van der Waals surface area contributed by atoms with Gasteiger partial charge in [-0.1, -0.05) is 38.8 Å². The van der Waals surface area contributed by atoms with Crippen LogP contribution >= 0.6 is 0 Å². The van der Waals surface area contributed by atoms with E-state index in [4.69, 9.17) is 4.74 Å². The first kappa shape index (κ1) is 23.7. The molecule has 0 saturated heterocycles. The van der Waals surface area contributed by atoms with Crippen molar-refractivity contribution in [2.75, 3.05) is 0 Å². The van der Waals surface area contributed by atoms with Crippen LogP contribution in [-0.2, 0) is 16.1 Å². The Morgan fingerprint density at radius 3 is 2.37 bits per heavy atom. The van der Waals surface area contributed by atoms with Crippen molar-refractivity contribution in [3.05, 3.63) is 35.4 Å². The van der Waals surface area contributed by atoms with Gasteiger partial charge in [0.25, 0.3) is 5.91 Å². The Kier molecular flexibility index (Phi) is 8.69. The molecule has 3 N–H and O–H groups in total. The zero-order valence-electron chi connectivity index (χ0n) is 18.7. The van der Waals surface area contributed by atoms with Crippen molar-refractivity contribution >= 4 is 17.9 Å². The van der Waals surface area contributed by atoms with E-state index in [1.807, 2.05) is 13.8 Å². The molecule has 7 heteroatoms. The lowest BCUT2D eigenvalue weighted by atomic mass is 9.78. The molecule has 1 fully saturated rings. The Hall–Kier alpha value is -2.57. The van der Waals surface area contributed by atoms with E-state index in [0.717, 1.165) is 18.4 Å². The van der Waals surface area contributed by atoms with Crippen LogP contribution in [0.4, 0.5) is 4.79 Å². The number of rotatable bonds is 7. The highest BCUT2D eigenvalue weighted by Crippen LogP contribution is 2.29. The fourth-order valence-electron chi connectivity index (χ4n) is 3.62. The van der Waals surface area contributed by atoms with Crippen molar-refractivity contribution in [3.8, 4) is 0 Å². The van der Waals surface area contributed by atoms with Crippen molar-refractivity contribution in [2.45, 2.75) is 78.6 Å². The first-order valence-electron chi connectivity index (χ1n) is 10.8. The second-order valence-electron chi connectivity index (χ2n) is 8.61. The highest BCUT2D eigenvalue weighted by atomic mass is 16.5. The van der Waals surface area contributed by atoms with Gasteiger partial charge in [-0.3, -0.25) is 4.79 Å². The Morgan fingerprint density at radius 1 is 1.07 bits per heavy atom. The van der Waals surface area contributed by atoms with Gasteiger partial charge < -0.3 is 20.7 Å². The summed E-state index contributed by atoms with van der Waals surface area (Å²) in [6, 6.07) is 6.72. The van der Waals surface area contributed by atoms with E-state index in [2.05, 4.69) is 29.8 Å². The highest BCUT2D eigenvalue weighted by Gasteiger charge is 2.30. The Bertz CT molecular complexity index is 732. The number of ether oxygens (including phenoxy) is 1. The van der Waals surface area contributed by atoms with Gasteiger partial charge in [0, 0.05) is 18.6 Å². The van der Waals surface area contributed by atoms with Gasteiger partial charge in [-0.15, -0.1) is 0 Å². The quantitative estimate of drug-likeness (QED) is 0.593. The average molecular weight is 418 g/mol. The minimum absolute atomic E-state index is 0.0612. The van der Waals surface area contributed by atoms with E-state index in [-0.39, 0.29) is 24.0 Å². The van der Waals surface area contributed by atoms with E-state index in [9.17, 15) is 14.4 Å². The van der Waals surface area contributed by atoms with E-state index in [1.54, 1.807) is 31.2 Å². The Labute approximate surface area is 179 Å². The summed E-state index contributed by atoms with van der Waals surface area (Å²) in [6.45, 7) is 10.1. The summed E-state index contributed by atoms with van der Waals surface area (Å²) in [5.41, 5.74) is 1.22. The molecule has 166 valence electrons. The summed E-state index contributed by atoms with van der Waals surface area (Å²) >= 11 is 0. The SMILES string of the molecule is CC(C)NC(=O)NCc1ccc(C(=O)O[C@H](C)C(=O)N[C@H]2CCC[C@@H](C)[C@H]2C)cc1. The van der Waals surface area contributed by atoms with Crippen LogP contribution in [0, 0.1) is 11.8 Å². The predicted molar refractivity (Wildman–Crippen MR) is 116 cm³/mol. The first-order valence-corrected chi connectivity index (χ1v) is 10.8. The van der Waals surface area contributed by atoms with Crippen molar-refractivity contribution in [1.82, 2.24) is 16.0 Å². The van der Waals surface area contributed by atoms with Gasteiger partial charge in [0.2, 0.25) is 0 Å². The second kappa shape index (κ2) is 11.0. The van der Waals surface area contributed by atoms with Crippen LogP contribution in [0.5, 0.6) is 0 Å². The number of hydrogen-bond donors (Lipinski definition) is 3. The van der Waals surface area contributed by atoms with E-state index in [1.165, 1.54) is 6.42 Å². The third-order valence-corrected chi connectivity index (χ3v) is 5.75. The second-order valence-corrected chi connectivity index (χ2v) is 8.61. The van der Waals surface area contributed by atoms with E-state index in [0.29, 0.717) is 23.9 Å². The molecule has 0 aliphatic heterocycles. The van der Waals surface area contributed by atoms with Gasteiger partial charge in [-0.2, -0.15) is 0 Å². The molecule has 1 aromatic carbocycles. The van der Waals surface area contributed by atoms with Gasteiger partial charge in [-0.25, -0.2) is 9.59 Å². The number of hydrogen-bond acceptors (Lipinski definition) is 4. The molecule has 1 aliphatic rings. The van der Waals surface area contributed by atoms with E-state index < -0.39 is 12.1 Å². The molecule has 1 aliphatic carbocycles. The summed E-state index contributed by atoms with van der Waals surface area (Å²) in [5.74, 6) is 0.187. The molecule has 0 spiro atoms. The van der Waals surface area contributed by atoms with Crippen molar-refractivity contribution in [3.63, 3.8) is 0 Å². The van der Waals surface area contributed by atoms with Crippen LogP contribution in [0.15, 0.2) is 24.3 Å².